The first kappa shape index (κ1) is 16.3. The van der Waals surface area contributed by atoms with Gasteiger partial charge in [-0.05, 0) is 24.3 Å². The van der Waals surface area contributed by atoms with Crippen molar-refractivity contribution in [2.75, 3.05) is 20.3 Å². The third-order valence-electron chi connectivity index (χ3n) is 3.43. The number of hydrogen-bond acceptors (Lipinski definition) is 5. The van der Waals surface area contributed by atoms with Crippen LogP contribution in [0.15, 0.2) is 22.6 Å². The highest BCUT2D eigenvalue weighted by atomic mass is 32.1. The number of halogens is 3. The van der Waals surface area contributed by atoms with Gasteiger partial charge in [-0.3, -0.25) is 5.01 Å². The molecule has 1 aliphatic heterocycles. The molecule has 1 aliphatic rings. The molecule has 0 aliphatic carbocycles. The number of thiophene rings is 1. The standard InChI is InChI=1S/C13H17F3N2O2S/c1-20-8-10-4-2-6-18(10)17-9-12(19,13(14,15)16)11-5-3-7-21-11/h3,5,7,9-10,19H,2,4,6,8H2,1H3/b17-9+/t10-,12?/m0/s1. The number of methoxy groups -OCH3 is 1. The Morgan fingerprint density at radius 2 is 2.33 bits per heavy atom. The Labute approximate surface area is 124 Å². The molecule has 1 aromatic rings. The van der Waals surface area contributed by atoms with Gasteiger partial charge >= 0.3 is 6.18 Å². The first-order valence-electron chi connectivity index (χ1n) is 6.52. The molecule has 0 bridgehead atoms. The zero-order valence-electron chi connectivity index (χ0n) is 11.5. The van der Waals surface area contributed by atoms with E-state index in [4.69, 9.17) is 4.74 Å². The van der Waals surface area contributed by atoms with Crippen molar-refractivity contribution in [1.29, 1.82) is 0 Å². The van der Waals surface area contributed by atoms with E-state index in [0.717, 1.165) is 24.2 Å². The average Bonchev–Trinajstić information content (AvgIpc) is 3.06. The lowest BCUT2D eigenvalue weighted by Gasteiger charge is -2.27. The van der Waals surface area contributed by atoms with E-state index in [1.807, 2.05) is 0 Å². The number of ether oxygens (including phenoxy) is 1. The van der Waals surface area contributed by atoms with E-state index in [9.17, 15) is 18.3 Å². The summed E-state index contributed by atoms with van der Waals surface area (Å²) in [5.41, 5.74) is -3.05. The summed E-state index contributed by atoms with van der Waals surface area (Å²) in [5, 5.41) is 17.0. The van der Waals surface area contributed by atoms with Gasteiger partial charge in [-0.15, -0.1) is 11.3 Å². The number of hydrazone groups is 1. The SMILES string of the molecule is COC[C@@H]1CCCN1/N=C/C(O)(c1cccs1)C(F)(F)F. The van der Waals surface area contributed by atoms with Crippen LogP contribution in [0.4, 0.5) is 13.2 Å². The third kappa shape index (κ3) is 3.38. The maximum Gasteiger partial charge on any atom is 0.427 e. The van der Waals surface area contributed by atoms with E-state index in [-0.39, 0.29) is 10.9 Å². The van der Waals surface area contributed by atoms with E-state index >= 15 is 0 Å². The molecule has 0 saturated carbocycles. The molecular formula is C13H17F3N2O2S. The van der Waals surface area contributed by atoms with Crippen LogP contribution in [-0.2, 0) is 10.3 Å². The fourth-order valence-electron chi connectivity index (χ4n) is 2.26. The molecule has 21 heavy (non-hydrogen) atoms. The summed E-state index contributed by atoms with van der Waals surface area (Å²) in [6, 6.07) is 2.67. The molecule has 1 N–H and O–H groups in total. The van der Waals surface area contributed by atoms with Gasteiger partial charge in [0.15, 0.2) is 0 Å². The van der Waals surface area contributed by atoms with E-state index in [2.05, 4.69) is 5.10 Å². The highest BCUT2D eigenvalue weighted by molar-refractivity contribution is 7.10. The van der Waals surface area contributed by atoms with Crippen molar-refractivity contribution < 1.29 is 23.0 Å². The maximum atomic E-state index is 13.2. The fourth-order valence-corrected chi connectivity index (χ4v) is 3.07. The summed E-state index contributed by atoms with van der Waals surface area (Å²) >= 11 is 0.846. The molecule has 1 aromatic heterocycles. The minimum atomic E-state index is -4.82. The van der Waals surface area contributed by atoms with Crippen LogP contribution in [0.25, 0.3) is 0 Å². The fraction of sp³-hybridized carbons (Fsp3) is 0.615. The van der Waals surface area contributed by atoms with Crippen molar-refractivity contribution in [1.82, 2.24) is 5.01 Å². The summed E-state index contributed by atoms with van der Waals surface area (Å²) in [6.45, 7) is 0.962. The largest absolute Gasteiger partial charge is 0.427 e. The number of rotatable bonds is 5. The summed E-state index contributed by atoms with van der Waals surface area (Å²) in [5.74, 6) is 0. The van der Waals surface area contributed by atoms with E-state index in [1.165, 1.54) is 24.6 Å². The van der Waals surface area contributed by atoms with Gasteiger partial charge in [-0.1, -0.05) is 6.07 Å². The van der Waals surface area contributed by atoms with Gasteiger partial charge in [-0.2, -0.15) is 18.3 Å². The summed E-state index contributed by atoms with van der Waals surface area (Å²) in [4.78, 5) is -0.193. The minimum Gasteiger partial charge on any atom is -0.382 e. The first-order chi connectivity index (χ1) is 9.88. The second kappa shape index (κ2) is 6.33. The van der Waals surface area contributed by atoms with Gasteiger partial charge < -0.3 is 9.84 Å². The van der Waals surface area contributed by atoms with Gasteiger partial charge in [0.05, 0.1) is 23.7 Å². The monoisotopic (exact) mass is 322 g/mol. The Hall–Kier alpha value is -1.12. The lowest BCUT2D eigenvalue weighted by atomic mass is 10.0. The van der Waals surface area contributed by atoms with Crippen molar-refractivity contribution in [2.45, 2.75) is 30.7 Å². The van der Waals surface area contributed by atoms with Crippen molar-refractivity contribution >= 4 is 17.6 Å². The molecule has 0 aromatic carbocycles. The highest BCUT2D eigenvalue weighted by Gasteiger charge is 2.55. The van der Waals surface area contributed by atoms with Gasteiger partial charge in [0.2, 0.25) is 5.60 Å². The van der Waals surface area contributed by atoms with Crippen LogP contribution in [0.1, 0.15) is 17.7 Å². The topological polar surface area (TPSA) is 45.1 Å². The Kier molecular flexibility index (Phi) is 4.90. The number of aliphatic hydroxyl groups is 1. The maximum absolute atomic E-state index is 13.2. The number of nitrogens with zero attached hydrogens (tertiary/aromatic N) is 2. The first-order valence-corrected chi connectivity index (χ1v) is 7.40. The number of alkyl halides is 3. The molecule has 4 nitrogen and oxygen atoms in total. The molecule has 2 atom stereocenters. The Balaban J connectivity index is 2.22. The van der Waals surface area contributed by atoms with Gasteiger partial charge in [0, 0.05) is 13.7 Å². The van der Waals surface area contributed by atoms with Crippen LogP contribution in [0, 0.1) is 0 Å². The van der Waals surface area contributed by atoms with Crippen molar-refractivity contribution in [3.63, 3.8) is 0 Å². The summed E-state index contributed by atoms with van der Waals surface area (Å²) < 4.78 is 44.7. The van der Waals surface area contributed by atoms with Crippen molar-refractivity contribution in [3.05, 3.63) is 22.4 Å². The minimum absolute atomic E-state index is 0.0490. The highest BCUT2D eigenvalue weighted by Crippen LogP contribution is 2.39. The Morgan fingerprint density at radius 3 is 2.90 bits per heavy atom. The van der Waals surface area contributed by atoms with Gasteiger partial charge in [-0.25, -0.2) is 0 Å². The molecule has 0 amide bonds. The summed E-state index contributed by atoms with van der Waals surface area (Å²) in [7, 11) is 1.54. The van der Waals surface area contributed by atoms with Crippen LogP contribution in [0.2, 0.25) is 0 Å². The molecule has 0 radical (unpaired) electrons. The third-order valence-corrected chi connectivity index (χ3v) is 4.42. The Bertz CT molecular complexity index is 478. The lowest BCUT2D eigenvalue weighted by Crippen LogP contribution is -2.44. The Morgan fingerprint density at radius 1 is 1.57 bits per heavy atom. The quantitative estimate of drug-likeness (QED) is 0.848. The molecule has 1 saturated heterocycles. The van der Waals surface area contributed by atoms with Crippen LogP contribution in [0.3, 0.4) is 0 Å². The molecule has 1 fully saturated rings. The molecule has 0 spiro atoms. The smallest absolute Gasteiger partial charge is 0.382 e. The zero-order valence-corrected chi connectivity index (χ0v) is 12.3. The van der Waals surface area contributed by atoms with Crippen molar-refractivity contribution in [3.8, 4) is 0 Å². The molecule has 1 unspecified atom stereocenters. The van der Waals surface area contributed by atoms with Crippen LogP contribution in [-0.4, -0.2) is 48.8 Å². The van der Waals surface area contributed by atoms with Crippen LogP contribution < -0.4 is 0 Å². The summed E-state index contributed by atoms with van der Waals surface area (Å²) in [6.07, 6.45) is -2.58. The zero-order chi connectivity index (χ0) is 15.5. The molecule has 2 heterocycles. The second-order valence-electron chi connectivity index (χ2n) is 4.90. The normalized spacial score (nSPS) is 22.9. The molecule has 2 rings (SSSR count). The van der Waals surface area contributed by atoms with Crippen LogP contribution in [0.5, 0.6) is 0 Å². The molecule has 118 valence electrons. The van der Waals surface area contributed by atoms with E-state index < -0.39 is 11.8 Å². The lowest BCUT2D eigenvalue weighted by molar-refractivity contribution is -0.232. The van der Waals surface area contributed by atoms with Crippen molar-refractivity contribution in [2.24, 2.45) is 5.10 Å². The predicted molar refractivity (Wildman–Crippen MR) is 74.4 cm³/mol. The number of hydrogen-bond donors (Lipinski definition) is 1. The van der Waals surface area contributed by atoms with E-state index in [1.54, 1.807) is 5.01 Å². The molecular weight excluding hydrogens is 305 g/mol. The average molecular weight is 322 g/mol. The van der Waals surface area contributed by atoms with Crippen LogP contribution >= 0.6 is 11.3 Å². The van der Waals surface area contributed by atoms with Gasteiger partial charge in [0.1, 0.15) is 0 Å². The predicted octanol–water partition coefficient (Wildman–Crippen LogP) is 2.59. The molecule has 8 heteroatoms. The second-order valence-corrected chi connectivity index (χ2v) is 5.85. The van der Waals surface area contributed by atoms with E-state index in [0.29, 0.717) is 19.4 Å². The van der Waals surface area contributed by atoms with Gasteiger partial charge in [0.25, 0.3) is 0 Å².